The van der Waals surface area contributed by atoms with Gasteiger partial charge in [0, 0.05) is 6.54 Å². The van der Waals surface area contributed by atoms with Gasteiger partial charge in [-0.2, -0.15) is 0 Å². The first-order valence-corrected chi connectivity index (χ1v) is 11.9. The van der Waals surface area contributed by atoms with E-state index in [9.17, 15) is 4.79 Å². The molecular formula is C29H33NO2. The van der Waals surface area contributed by atoms with Crippen molar-refractivity contribution in [2.24, 2.45) is 0 Å². The van der Waals surface area contributed by atoms with E-state index in [4.69, 9.17) is 4.74 Å². The molecule has 0 radical (unpaired) electrons. The van der Waals surface area contributed by atoms with Crippen LogP contribution in [0.5, 0.6) is 0 Å². The summed E-state index contributed by atoms with van der Waals surface area (Å²) in [5.74, 6) is -0.0697. The highest BCUT2D eigenvalue weighted by atomic mass is 16.5. The predicted molar refractivity (Wildman–Crippen MR) is 129 cm³/mol. The van der Waals surface area contributed by atoms with Gasteiger partial charge in [-0.1, -0.05) is 97.4 Å². The Bertz CT molecular complexity index is 943. The molecule has 1 fully saturated rings. The number of aryl methyl sites for hydroxylation is 1. The van der Waals surface area contributed by atoms with Crippen LogP contribution in [-0.4, -0.2) is 30.0 Å². The normalized spacial score (nSPS) is 17.6. The molecular weight excluding hydrogens is 394 g/mol. The summed E-state index contributed by atoms with van der Waals surface area (Å²) in [5.41, 5.74) is 3.66. The number of likely N-dealkylation sites (tertiary alicyclic amines) is 1. The Morgan fingerprint density at radius 1 is 0.812 bits per heavy atom. The Labute approximate surface area is 192 Å². The van der Waals surface area contributed by atoms with Gasteiger partial charge < -0.3 is 4.74 Å². The van der Waals surface area contributed by atoms with Crippen LogP contribution in [0.15, 0.2) is 91.0 Å². The molecule has 2 atom stereocenters. The highest BCUT2D eigenvalue weighted by molar-refractivity contribution is 5.76. The van der Waals surface area contributed by atoms with E-state index in [0.29, 0.717) is 0 Å². The lowest BCUT2D eigenvalue weighted by Crippen LogP contribution is -2.46. The average Bonchev–Trinajstić information content (AvgIpc) is 2.87. The minimum Gasteiger partial charge on any atom is -0.456 e. The molecule has 1 aliphatic heterocycles. The summed E-state index contributed by atoms with van der Waals surface area (Å²) >= 11 is 0. The second kappa shape index (κ2) is 11.6. The van der Waals surface area contributed by atoms with Crippen LogP contribution in [-0.2, 0) is 22.4 Å². The van der Waals surface area contributed by atoms with Crippen LogP contribution in [0.2, 0.25) is 0 Å². The molecule has 166 valence electrons. The van der Waals surface area contributed by atoms with Gasteiger partial charge in [-0.3, -0.25) is 9.69 Å². The Hall–Kier alpha value is -2.91. The van der Waals surface area contributed by atoms with E-state index >= 15 is 0 Å². The minimum atomic E-state index is -0.221. The number of esters is 1. The first-order chi connectivity index (χ1) is 15.8. The summed E-state index contributed by atoms with van der Waals surface area (Å²) in [4.78, 5) is 15.7. The molecule has 0 aromatic heterocycles. The summed E-state index contributed by atoms with van der Waals surface area (Å²) in [6.45, 7) is 1.86. The highest BCUT2D eigenvalue weighted by Crippen LogP contribution is 2.27. The van der Waals surface area contributed by atoms with Crippen molar-refractivity contribution in [3.8, 4) is 0 Å². The Balaban J connectivity index is 1.42. The number of hydrogen-bond acceptors (Lipinski definition) is 3. The van der Waals surface area contributed by atoms with Gasteiger partial charge in [-0.15, -0.1) is 0 Å². The van der Waals surface area contributed by atoms with Crippen molar-refractivity contribution in [2.45, 2.75) is 50.7 Å². The van der Waals surface area contributed by atoms with Crippen LogP contribution in [0.1, 0.15) is 48.5 Å². The zero-order valence-corrected chi connectivity index (χ0v) is 18.7. The van der Waals surface area contributed by atoms with E-state index < -0.39 is 0 Å². The van der Waals surface area contributed by atoms with Crippen LogP contribution in [0, 0.1) is 0 Å². The van der Waals surface area contributed by atoms with Crippen LogP contribution >= 0.6 is 0 Å². The van der Waals surface area contributed by atoms with E-state index in [-0.39, 0.29) is 18.1 Å². The smallest absolute Gasteiger partial charge is 0.323 e. The van der Waals surface area contributed by atoms with E-state index in [1.54, 1.807) is 0 Å². The van der Waals surface area contributed by atoms with Gasteiger partial charge in [-0.05, 0) is 55.3 Å². The van der Waals surface area contributed by atoms with Crippen molar-refractivity contribution in [1.82, 2.24) is 4.90 Å². The minimum absolute atomic E-state index is 0.0697. The molecule has 3 aromatic rings. The van der Waals surface area contributed by atoms with Crippen LogP contribution in [0.25, 0.3) is 0 Å². The maximum Gasteiger partial charge on any atom is 0.323 e. The number of nitrogens with zero attached hydrogens (tertiary/aromatic N) is 1. The quantitative estimate of drug-likeness (QED) is 0.392. The molecule has 0 N–H and O–H groups in total. The molecule has 0 aliphatic carbocycles. The van der Waals surface area contributed by atoms with Crippen molar-refractivity contribution >= 4 is 5.97 Å². The van der Waals surface area contributed by atoms with Gasteiger partial charge in [0.1, 0.15) is 12.1 Å². The summed E-state index contributed by atoms with van der Waals surface area (Å²) < 4.78 is 6.20. The lowest BCUT2D eigenvalue weighted by atomic mass is 9.99. The molecule has 3 nitrogen and oxygen atoms in total. The van der Waals surface area contributed by atoms with Gasteiger partial charge in [0.05, 0.1) is 0 Å². The predicted octanol–water partition coefficient (Wildman–Crippen LogP) is 6.00. The second-order valence-electron chi connectivity index (χ2n) is 8.64. The molecule has 1 heterocycles. The number of rotatable bonds is 9. The third-order valence-electron chi connectivity index (χ3n) is 6.38. The molecule has 0 bridgehead atoms. The van der Waals surface area contributed by atoms with Gasteiger partial charge in [0.25, 0.3) is 0 Å². The summed E-state index contributed by atoms with van der Waals surface area (Å²) in [6, 6.07) is 31.0. The molecule has 0 spiro atoms. The number of ether oxygens (including phenoxy) is 1. The lowest BCUT2D eigenvalue weighted by molar-refractivity contribution is -0.157. The zero-order chi connectivity index (χ0) is 22.0. The summed E-state index contributed by atoms with van der Waals surface area (Å²) in [7, 11) is 0. The third-order valence-corrected chi connectivity index (χ3v) is 6.38. The average molecular weight is 428 g/mol. The maximum absolute atomic E-state index is 13.4. The molecule has 1 saturated heterocycles. The molecule has 4 rings (SSSR count). The Morgan fingerprint density at radius 2 is 1.41 bits per heavy atom. The first kappa shape index (κ1) is 22.3. The van der Waals surface area contributed by atoms with Crippen molar-refractivity contribution in [3.05, 3.63) is 108 Å². The van der Waals surface area contributed by atoms with Gasteiger partial charge in [0.15, 0.2) is 0 Å². The summed E-state index contributed by atoms with van der Waals surface area (Å²) in [5, 5.41) is 0. The van der Waals surface area contributed by atoms with Gasteiger partial charge in [0.2, 0.25) is 0 Å². The first-order valence-electron chi connectivity index (χ1n) is 11.9. The molecule has 0 amide bonds. The topological polar surface area (TPSA) is 29.5 Å². The molecule has 1 aliphatic rings. The van der Waals surface area contributed by atoms with E-state index in [1.807, 2.05) is 30.3 Å². The molecule has 32 heavy (non-hydrogen) atoms. The number of piperidine rings is 1. The van der Waals surface area contributed by atoms with Crippen molar-refractivity contribution in [1.29, 1.82) is 0 Å². The molecule has 3 aromatic carbocycles. The standard InChI is InChI=1S/C29H33NO2/c31-29(27-18-10-11-22-30(27)23-21-25-14-6-2-7-15-25)32-28(26-16-8-3-9-17-26)20-19-24-12-4-1-5-13-24/h1-9,12-17,27-28H,10-11,18-23H2/t27?,28-/m1/s1. The molecule has 1 unspecified atom stereocenters. The van der Waals surface area contributed by atoms with Crippen molar-refractivity contribution in [2.75, 3.05) is 13.1 Å². The largest absolute Gasteiger partial charge is 0.456 e. The van der Waals surface area contributed by atoms with Crippen LogP contribution in [0.4, 0.5) is 0 Å². The van der Waals surface area contributed by atoms with Gasteiger partial charge >= 0.3 is 5.97 Å². The van der Waals surface area contributed by atoms with Crippen LogP contribution in [0.3, 0.4) is 0 Å². The summed E-state index contributed by atoms with van der Waals surface area (Å²) in [6.07, 6.45) is 5.53. The SMILES string of the molecule is O=C(O[C@H](CCc1ccccc1)c1ccccc1)C1CCCCN1CCc1ccccc1. The maximum atomic E-state index is 13.4. The monoisotopic (exact) mass is 427 g/mol. The fraction of sp³-hybridized carbons (Fsp3) is 0.345. The number of hydrogen-bond donors (Lipinski definition) is 0. The Kier molecular flexibility index (Phi) is 8.11. The number of benzene rings is 3. The number of carbonyl (C=O) groups is 1. The fourth-order valence-corrected chi connectivity index (χ4v) is 4.57. The highest BCUT2D eigenvalue weighted by Gasteiger charge is 2.31. The fourth-order valence-electron chi connectivity index (χ4n) is 4.57. The van der Waals surface area contributed by atoms with Crippen LogP contribution < -0.4 is 0 Å². The van der Waals surface area contributed by atoms with Gasteiger partial charge in [-0.25, -0.2) is 0 Å². The number of carbonyl (C=O) groups excluding carboxylic acids is 1. The third kappa shape index (κ3) is 6.30. The Morgan fingerprint density at radius 3 is 2.06 bits per heavy atom. The van der Waals surface area contributed by atoms with E-state index in [0.717, 1.165) is 57.2 Å². The lowest BCUT2D eigenvalue weighted by Gasteiger charge is -2.35. The second-order valence-corrected chi connectivity index (χ2v) is 8.64. The van der Waals surface area contributed by atoms with E-state index in [1.165, 1.54) is 11.1 Å². The molecule has 0 saturated carbocycles. The van der Waals surface area contributed by atoms with Crippen molar-refractivity contribution < 1.29 is 9.53 Å². The molecule has 3 heteroatoms. The van der Waals surface area contributed by atoms with E-state index in [2.05, 4.69) is 65.6 Å². The zero-order valence-electron chi connectivity index (χ0n) is 18.7. The van der Waals surface area contributed by atoms with Crippen molar-refractivity contribution in [3.63, 3.8) is 0 Å².